The number of ether oxygens (including phenoxy) is 1. The number of hydrogen-bond acceptors (Lipinski definition) is 4. The maximum Gasteiger partial charge on any atom is 0.218 e. The molecule has 0 aliphatic heterocycles. The van der Waals surface area contributed by atoms with Gasteiger partial charge in [0.25, 0.3) is 0 Å². The molecule has 108 valence electrons. The summed E-state index contributed by atoms with van der Waals surface area (Å²) < 4.78 is 5.73. The minimum atomic E-state index is 0.144. The Bertz CT molecular complexity index is 563. The molecule has 0 saturated carbocycles. The summed E-state index contributed by atoms with van der Waals surface area (Å²) >= 11 is 1.85. The summed E-state index contributed by atoms with van der Waals surface area (Å²) in [7, 11) is 0. The molecule has 4 heteroatoms. The molecular formula is C16H22N2OS. The SMILES string of the molecule is Cc1cc(CNCc2cccnc2OC(C)C)c(C)s1. The zero-order chi connectivity index (χ0) is 14.5. The smallest absolute Gasteiger partial charge is 0.218 e. The van der Waals surface area contributed by atoms with Gasteiger partial charge in [-0.25, -0.2) is 4.98 Å². The average Bonchev–Trinajstić information content (AvgIpc) is 2.69. The van der Waals surface area contributed by atoms with Crippen LogP contribution in [-0.2, 0) is 13.1 Å². The summed E-state index contributed by atoms with van der Waals surface area (Å²) in [5.41, 5.74) is 2.48. The lowest BCUT2D eigenvalue weighted by atomic mass is 10.2. The first-order valence-electron chi connectivity index (χ1n) is 6.93. The number of aryl methyl sites for hydroxylation is 2. The number of thiophene rings is 1. The van der Waals surface area contributed by atoms with Crippen molar-refractivity contribution >= 4 is 11.3 Å². The molecule has 2 aromatic heterocycles. The second kappa shape index (κ2) is 6.86. The number of aromatic nitrogens is 1. The fourth-order valence-corrected chi connectivity index (χ4v) is 3.03. The summed E-state index contributed by atoms with van der Waals surface area (Å²) in [5, 5.41) is 3.47. The summed E-state index contributed by atoms with van der Waals surface area (Å²) in [6, 6.07) is 6.26. The van der Waals surface area contributed by atoms with Crippen molar-refractivity contribution in [1.29, 1.82) is 0 Å². The van der Waals surface area contributed by atoms with E-state index < -0.39 is 0 Å². The summed E-state index contributed by atoms with van der Waals surface area (Å²) in [5.74, 6) is 0.730. The lowest BCUT2D eigenvalue weighted by molar-refractivity contribution is 0.229. The molecule has 0 saturated heterocycles. The van der Waals surface area contributed by atoms with Gasteiger partial charge in [-0.2, -0.15) is 0 Å². The molecular weight excluding hydrogens is 268 g/mol. The molecule has 0 atom stereocenters. The van der Waals surface area contributed by atoms with Crippen LogP contribution in [0.15, 0.2) is 24.4 Å². The number of nitrogens with one attached hydrogen (secondary N) is 1. The van der Waals surface area contributed by atoms with Crippen molar-refractivity contribution in [2.75, 3.05) is 0 Å². The van der Waals surface area contributed by atoms with Crippen LogP contribution in [0.25, 0.3) is 0 Å². The van der Waals surface area contributed by atoms with Crippen LogP contribution in [0.4, 0.5) is 0 Å². The van der Waals surface area contributed by atoms with Crippen LogP contribution in [0.3, 0.4) is 0 Å². The molecule has 0 aromatic carbocycles. The van der Waals surface area contributed by atoms with E-state index in [1.54, 1.807) is 6.20 Å². The van der Waals surface area contributed by atoms with Crippen LogP contribution < -0.4 is 10.1 Å². The normalized spacial score (nSPS) is 11.1. The van der Waals surface area contributed by atoms with Gasteiger partial charge < -0.3 is 10.1 Å². The number of nitrogens with zero attached hydrogens (tertiary/aromatic N) is 1. The third-order valence-corrected chi connectivity index (χ3v) is 3.98. The highest BCUT2D eigenvalue weighted by molar-refractivity contribution is 7.12. The molecule has 0 radical (unpaired) electrons. The Balaban J connectivity index is 1.95. The molecule has 0 aliphatic rings. The summed E-state index contributed by atoms with van der Waals surface area (Å²) in [6.07, 6.45) is 1.92. The van der Waals surface area contributed by atoms with E-state index in [1.165, 1.54) is 15.3 Å². The van der Waals surface area contributed by atoms with Gasteiger partial charge >= 0.3 is 0 Å². The lowest BCUT2D eigenvalue weighted by Crippen LogP contribution is -2.15. The second-order valence-electron chi connectivity index (χ2n) is 5.18. The molecule has 0 aliphatic carbocycles. The Hall–Kier alpha value is -1.39. The van der Waals surface area contributed by atoms with Crippen molar-refractivity contribution in [2.24, 2.45) is 0 Å². The van der Waals surface area contributed by atoms with Crippen LogP contribution in [0.5, 0.6) is 5.88 Å². The highest BCUT2D eigenvalue weighted by atomic mass is 32.1. The van der Waals surface area contributed by atoms with Crippen molar-refractivity contribution in [1.82, 2.24) is 10.3 Å². The number of pyridine rings is 1. The zero-order valence-corrected chi connectivity index (χ0v) is 13.4. The van der Waals surface area contributed by atoms with Crippen LogP contribution in [-0.4, -0.2) is 11.1 Å². The van der Waals surface area contributed by atoms with Gasteiger partial charge in [0.2, 0.25) is 5.88 Å². The minimum Gasteiger partial charge on any atom is -0.475 e. The first kappa shape index (κ1) is 15.0. The molecule has 0 spiro atoms. The van der Waals surface area contributed by atoms with E-state index in [-0.39, 0.29) is 6.10 Å². The van der Waals surface area contributed by atoms with Gasteiger partial charge in [-0.15, -0.1) is 11.3 Å². The molecule has 2 rings (SSSR count). The van der Waals surface area contributed by atoms with Gasteiger partial charge in [0.05, 0.1) is 6.10 Å². The van der Waals surface area contributed by atoms with Crippen molar-refractivity contribution in [2.45, 2.75) is 46.9 Å². The topological polar surface area (TPSA) is 34.2 Å². The first-order chi connectivity index (χ1) is 9.56. The van der Waals surface area contributed by atoms with Crippen LogP contribution in [0.1, 0.15) is 34.7 Å². The predicted molar refractivity (Wildman–Crippen MR) is 84.3 cm³/mol. The van der Waals surface area contributed by atoms with E-state index in [0.29, 0.717) is 0 Å². The van der Waals surface area contributed by atoms with Gasteiger partial charge in [0, 0.05) is 34.6 Å². The van der Waals surface area contributed by atoms with Crippen molar-refractivity contribution in [3.8, 4) is 5.88 Å². The van der Waals surface area contributed by atoms with E-state index in [2.05, 4.69) is 36.3 Å². The quantitative estimate of drug-likeness (QED) is 0.877. The van der Waals surface area contributed by atoms with E-state index in [4.69, 9.17) is 4.74 Å². The maximum atomic E-state index is 5.73. The second-order valence-corrected chi connectivity index (χ2v) is 6.64. The summed E-state index contributed by atoms with van der Waals surface area (Å²) in [4.78, 5) is 7.06. The highest BCUT2D eigenvalue weighted by Gasteiger charge is 2.07. The molecule has 0 amide bonds. The van der Waals surface area contributed by atoms with Gasteiger partial charge in [0.15, 0.2) is 0 Å². The average molecular weight is 290 g/mol. The minimum absolute atomic E-state index is 0.144. The van der Waals surface area contributed by atoms with Gasteiger partial charge in [0.1, 0.15) is 0 Å². The van der Waals surface area contributed by atoms with Crippen molar-refractivity contribution < 1.29 is 4.74 Å². The molecule has 3 nitrogen and oxygen atoms in total. The monoisotopic (exact) mass is 290 g/mol. The zero-order valence-electron chi connectivity index (χ0n) is 12.6. The Morgan fingerprint density at radius 3 is 2.65 bits per heavy atom. The van der Waals surface area contributed by atoms with E-state index in [1.807, 2.05) is 31.3 Å². The van der Waals surface area contributed by atoms with Gasteiger partial charge in [-0.05, 0) is 45.4 Å². The maximum absolute atomic E-state index is 5.73. The number of rotatable bonds is 6. The van der Waals surface area contributed by atoms with Gasteiger partial charge in [-0.3, -0.25) is 0 Å². The van der Waals surface area contributed by atoms with Crippen molar-refractivity contribution in [3.05, 3.63) is 45.3 Å². The Kier molecular flexibility index (Phi) is 5.15. The Morgan fingerprint density at radius 1 is 1.25 bits per heavy atom. The molecule has 2 aromatic rings. The molecule has 1 N–H and O–H groups in total. The third-order valence-electron chi connectivity index (χ3n) is 2.97. The van der Waals surface area contributed by atoms with Crippen LogP contribution in [0.2, 0.25) is 0 Å². The third kappa shape index (κ3) is 4.05. The van der Waals surface area contributed by atoms with E-state index in [0.717, 1.165) is 24.5 Å². The van der Waals surface area contributed by atoms with E-state index in [9.17, 15) is 0 Å². The summed E-state index contributed by atoms with van der Waals surface area (Å²) in [6.45, 7) is 10.0. The standard InChI is InChI=1S/C16H22N2OS/c1-11(2)19-16-14(6-5-7-18-16)9-17-10-15-8-12(3)20-13(15)4/h5-8,11,17H,9-10H2,1-4H3. The van der Waals surface area contributed by atoms with Crippen LogP contribution >= 0.6 is 11.3 Å². The highest BCUT2D eigenvalue weighted by Crippen LogP contribution is 2.21. The first-order valence-corrected chi connectivity index (χ1v) is 7.75. The lowest BCUT2D eigenvalue weighted by Gasteiger charge is -2.13. The Labute approximate surface area is 125 Å². The molecule has 0 unspecified atom stereocenters. The number of hydrogen-bond donors (Lipinski definition) is 1. The molecule has 0 fully saturated rings. The van der Waals surface area contributed by atoms with Crippen molar-refractivity contribution in [3.63, 3.8) is 0 Å². The van der Waals surface area contributed by atoms with Gasteiger partial charge in [-0.1, -0.05) is 6.07 Å². The fraction of sp³-hybridized carbons (Fsp3) is 0.438. The molecule has 20 heavy (non-hydrogen) atoms. The largest absolute Gasteiger partial charge is 0.475 e. The fourth-order valence-electron chi connectivity index (χ4n) is 2.08. The van der Waals surface area contributed by atoms with Crippen LogP contribution in [0, 0.1) is 13.8 Å². The van der Waals surface area contributed by atoms with E-state index >= 15 is 0 Å². The Morgan fingerprint density at radius 2 is 2.00 bits per heavy atom. The predicted octanol–water partition coefficient (Wildman–Crippen LogP) is 3.84. The molecule has 2 heterocycles. The molecule has 0 bridgehead atoms.